The Morgan fingerprint density at radius 3 is 2.50 bits per heavy atom. The van der Waals surface area contributed by atoms with Crippen LogP contribution in [0.5, 0.6) is 5.75 Å². The molecule has 0 saturated carbocycles. The fourth-order valence-corrected chi connectivity index (χ4v) is 3.52. The minimum Gasteiger partial charge on any atom is -0.495 e. The van der Waals surface area contributed by atoms with Gasteiger partial charge in [-0.1, -0.05) is 23.7 Å². The average molecular weight is 397 g/mol. The van der Waals surface area contributed by atoms with Crippen LogP contribution in [0, 0.1) is 13.8 Å². The monoisotopic (exact) mass is 396 g/mol. The lowest BCUT2D eigenvalue weighted by Gasteiger charge is -2.23. The van der Waals surface area contributed by atoms with E-state index in [2.05, 4.69) is 5.32 Å². The second-order valence-corrected chi connectivity index (χ2v) is 8.20. The molecule has 0 fully saturated rings. The molecule has 0 saturated heterocycles. The van der Waals surface area contributed by atoms with Crippen molar-refractivity contribution in [1.82, 2.24) is 0 Å². The van der Waals surface area contributed by atoms with Crippen molar-refractivity contribution in [3.05, 3.63) is 52.5 Å². The standard InChI is InChI=1S/C18H21ClN2O4S/c1-12-6-5-7-16(13(12)2)20-18(22)11-21(26(4,23)24)14-8-9-17(25-3)15(19)10-14/h5-10H,11H2,1-4H3,(H,20,22). The lowest BCUT2D eigenvalue weighted by molar-refractivity contribution is -0.114. The molecule has 0 aliphatic carbocycles. The van der Waals surface area contributed by atoms with Crippen molar-refractivity contribution in [2.45, 2.75) is 13.8 Å². The molecule has 2 aromatic carbocycles. The molecule has 0 aliphatic rings. The molecule has 0 spiro atoms. The van der Waals surface area contributed by atoms with Crippen LogP contribution < -0.4 is 14.4 Å². The number of aryl methyl sites for hydroxylation is 1. The Balaban J connectivity index is 2.27. The van der Waals surface area contributed by atoms with Crippen molar-refractivity contribution >= 4 is 38.9 Å². The highest BCUT2D eigenvalue weighted by Gasteiger charge is 2.22. The van der Waals surface area contributed by atoms with Crippen LogP contribution in [-0.4, -0.2) is 34.2 Å². The molecule has 1 amide bonds. The van der Waals surface area contributed by atoms with Gasteiger partial charge >= 0.3 is 0 Å². The fourth-order valence-electron chi connectivity index (χ4n) is 2.42. The average Bonchev–Trinajstić information content (AvgIpc) is 2.56. The SMILES string of the molecule is COc1ccc(N(CC(=O)Nc2cccc(C)c2C)S(C)(=O)=O)cc1Cl. The molecule has 0 bridgehead atoms. The van der Waals surface area contributed by atoms with Crippen LogP contribution in [0.2, 0.25) is 5.02 Å². The van der Waals surface area contributed by atoms with Crippen molar-refractivity contribution < 1.29 is 17.9 Å². The van der Waals surface area contributed by atoms with E-state index in [1.54, 1.807) is 12.1 Å². The molecule has 26 heavy (non-hydrogen) atoms. The molecule has 2 aromatic rings. The Hall–Kier alpha value is -2.25. The maximum atomic E-state index is 12.4. The van der Waals surface area contributed by atoms with Gasteiger partial charge in [-0.2, -0.15) is 0 Å². The number of amides is 1. The third-order valence-electron chi connectivity index (χ3n) is 3.99. The minimum absolute atomic E-state index is 0.258. The van der Waals surface area contributed by atoms with E-state index in [0.29, 0.717) is 11.4 Å². The number of nitrogens with one attached hydrogen (secondary N) is 1. The third-order valence-corrected chi connectivity index (χ3v) is 5.43. The first-order valence-corrected chi connectivity index (χ1v) is 10.0. The molecule has 0 unspecified atom stereocenters. The molecule has 0 atom stereocenters. The third kappa shape index (κ3) is 4.68. The molecule has 0 heterocycles. The van der Waals surface area contributed by atoms with Gasteiger partial charge in [0.25, 0.3) is 0 Å². The summed E-state index contributed by atoms with van der Waals surface area (Å²) in [7, 11) is -2.22. The van der Waals surface area contributed by atoms with Crippen molar-refractivity contribution in [1.29, 1.82) is 0 Å². The summed E-state index contributed by atoms with van der Waals surface area (Å²) in [6, 6.07) is 10.1. The number of sulfonamides is 1. The van der Waals surface area contributed by atoms with Crippen LogP contribution in [0.3, 0.4) is 0 Å². The van der Waals surface area contributed by atoms with E-state index < -0.39 is 15.9 Å². The largest absolute Gasteiger partial charge is 0.495 e. The summed E-state index contributed by atoms with van der Waals surface area (Å²) in [5, 5.41) is 3.02. The van der Waals surface area contributed by atoms with Crippen molar-refractivity contribution in [3.63, 3.8) is 0 Å². The molecule has 6 nitrogen and oxygen atoms in total. The first-order valence-electron chi connectivity index (χ1n) is 7.81. The van der Waals surface area contributed by atoms with Crippen molar-refractivity contribution in [2.24, 2.45) is 0 Å². The second-order valence-electron chi connectivity index (χ2n) is 5.88. The normalized spacial score (nSPS) is 11.1. The predicted octanol–water partition coefficient (Wildman–Crippen LogP) is 3.37. The molecule has 0 aromatic heterocycles. The molecule has 8 heteroatoms. The van der Waals surface area contributed by atoms with Gasteiger partial charge in [0.1, 0.15) is 12.3 Å². The summed E-state index contributed by atoms with van der Waals surface area (Å²) in [6.07, 6.45) is 1.04. The summed E-state index contributed by atoms with van der Waals surface area (Å²) >= 11 is 6.08. The van der Waals surface area contributed by atoms with Crippen LogP contribution in [-0.2, 0) is 14.8 Å². The van der Waals surface area contributed by atoms with Gasteiger partial charge in [0.15, 0.2) is 0 Å². The van der Waals surface area contributed by atoms with Gasteiger partial charge in [0.2, 0.25) is 15.9 Å². The lowest BCUT2D eigenvalue weighted by Crippen LogP contribution is -2.37. The zero-order valence-electron chi connectivity index (χ0n) is 15.0. The zero-order chi connectivity index (χ0) is 19.5. The van der Waals surface area contributed by atoms with Gasteiger partial charge in [-0.05, 0) is 49.2 Å². The number of benzene rings is 2. The van der Waals surface area contributed by atoms with Gasteiger partial charge < -0.3 is 10.1 Å². The molecule has 2 rings (SSSR count). The van der Waals surface area contributed by atoms with Crippen molar-refractivity contribution in [3.8, 4) is 5.75 Å². The van der Waals surface area contributed by atoms with E-state index in [1.165, 1.54) is 19.2 Å². The first-order chi connectivity index (χ1) is 12.1. The Labute approximate surface area is 158 Å². The molecule has 0 aliphatic heterocycles. The number of methoxy groups -OCH3 is 1. The van der Waals surface area contributed by atoms with E-state index in [1.807, 2.05) is 26.0 Å². The number of hydrogen-bond donors (Lipinski definition) is 1. The lowest BCUT2D eigenvalue weighted by atomic mass is 10.1. The molecule has 0 radical (unpaired) electrons. The van der Waals surface area contributed by atoms with E-state index >= 15 is 0 Å². The summed E-state index contributed by atoms with van der Waals surface area (Å²) in [5.74, 6) is -0.0280. The van der Waals surface area contributed by atoms with Gasteiger partial charge in [-0.15, -0.1) is 0 Å². The summed E-state index contributed by atoms with van der Waals surface area (Å²) < 4.78 is 30.4. The van der Waals surface area contributed by atoms with Crippen LogP contribution in [0.15, 0.2) is 36.4 Å². The number of carbonyl (C=O) groups is 1. The number of rotatable bonds is 6. The number of ether oxygens (including phenoxy) is 1. The fraction of sp³-hybridized carbons (Fsp3) is 0.278. The smallest absolute Gasteiger partial charge is 0.245 e. The summed E-state index contributed by atoms with van der Waals surface area (Å²) in [5.41, 5.74) is 2.90. The van der Waals surface area contributed by atoms with Crippen LogP contribution in [0.25, 0.3) is 0 Å². The number of hydrogen-bond acceptors (Lipinski definition) is 4. The zero-order valence-corrected chi connectivity index (χ0v) is 16.6. The summed E-state index contributed by atoms with van der Waals surface area (Å²) in [6.45, 7) is 3.46. The predicted molar refractivity (Wildman–Crippen MR) is 105 cm³/mol. The quantitative estimate of drug-likeness (QED) is 0.812. The number of halogens is 1. The van der Waals surface area contributed by atoms with Crippen LogP contribution in [0.4, 0.5) is 11.4 Å². The van der Waals surface area contributed by atoms with Crippen LogP contribution >= 0.6 is 11.6 Å². The Morgan fingerprint density at radius 2 is 1.92 bits per heavy atom. The molecule has 140 valence electrons. The van der Waals surface area contributed by atoms with E-state index in [4.69, 9.17) is 16.3 Å². The Kier molecular flexibility index (Phi) is 6.15. The molecular weight excluding hydrogens is 376 g/mol. The number of anilines is 2. The first kappa shape index (κ1) is 20.1. The second kappa shape index (κ2) is 7.97. The van der Waals surface area contributed by atoms with E-state index in [0.717, 1.165) is 21.7 Å². The van der Waals surface area contributed by atoms with E-state index in [-0.39, 0.29) is 17.3 Å². The molecular formula is C18H21ClN2O4S. The van der Waals surface area contributed by atoms with Gasteiger partial charge in [-0.25, -0.2) is 8.42 Å². The minimum atomic E-state index is -3.69. The van der Waals surface area contributed by atoms with E-state index in [9.17, 15) is 13.2 Å². The number of nitrogens with zero attached hydrogens (tertiary/aromatic N) is 1. The summed E-state index contributed by atoms with van der Waals surface area (Å²) in [4.78, 5) is 12.4. The number of carbonyl (C=O) groups excluding carboxylic acids is 1. The highest BCUT2D eigenvalue weighted by molar-refractivity contribution is 7.92. The topological polar surface area (TPSA) is 75.7 Å². The van der Waals surface area contributed by atoms with Gasteiger partial charge in [0, 0.05) is 5.69 Å². The highest BCUT2D eigenvalue weighted by Crippen LogP contribution is 2.30. The van der Waals surface area contributed by atoms with Crippen molar-refractivity contribution in [2.75, 3.05) is 29.5 Å². The Morgan fingerprint density at radius 1 is 1.23 bits per heavy atom. The molecule has 1 N–H and O–H groups in total. The van der Waals surface area contributed by atoms with Crippen LogP contribution in [0.1, 0.15) is 11.1 Å². The highest BCUT2D eigenvalue weighted by atomic mass is 35.5. The maximum Gasteiger partial charge on any atom is 0.245 e. The Bertz CT molecular complexity index is 929. The maximum absolute atomic E-state index is 12.4. The van der Waals surface area contributed by atoms with Gasteiger partial charge in [-0.3, -0.25) is 9.10 Å². The van der Waals surface area contributed by atoms with Gasteiger partial charge in [0.05, 0.1) is 24.1 Å².